The molecule has 0 radical (unpaired) electrons. The first-order chi connectivity index (χ1) is 6.49. The lowest BCUT2D eigenvalue weighted by Crippen LogP contribution is -2.31. The lowest BCUT2D eigenvalue weighted by atomic mass is 9.97. The number of hydrogen-bond donors (Lipinski definition) is 1. The van der Waals surface area contributed by atoms with E-state index in [1.807, 2.05) is 26.0 Å². The van der Waals surface area contributed by atoms with E-state index < -0.39 is 0 Å². The van der Waals surface area contributed by atoms with Crippen LogP contribution in [0, 0.1) is 5.82 Å². The maximum Gasteiger partial charge on any atom is 0.126 e. The van der Waals surface area contributed by atoms with Gasteiger partial charge in [0.25, 0.3) is 0 Å². The minimum absolute atomic E-state index is 0.109. The van der Waals surface area contributed by atoms with Crippen molar-refractivity contribution in [2.24, 2.45) is 5.73 Å². The van der Waals surface area contributed by atoms with E-state index in [-0.39, 0.29) is 11.4 Å². The Labute approximate surface area is 85.1 Å². The van der Waals surface area contributed by atoms with E-state index in [2.05, 4.69) is 0 Å². The van der Waals surface area contributed by atoms with Gasteiger partial charge in [0.2, 0.25) is 0 Å². The first-order valence-electron chi connectivity index (χ1n) is 5.01. The fraction of sp³-hybridized carbons (Fsp3) is 0.500. The molecule has 0 saturated carbocycles. The number of benzene rings is 1. The van der Waals surface area contributed by atoms with Gasteiger partial charge < -0.3 is 5.73 Å². The number of aryl methyl sites for hydroxylation is 1. The van der Waals surface area contributed by atoms with Crippen LogP contribution in [0.1, 0.15) is 32.3 Å². The fourth-order valence-corrected chi connectivity index (χ4v) is 1.44. The summed E-state index contributed by atoms with van der Waals surface area (Å²) in [5, 5.41) is 0. The predicted molar refractivity (Wildman–Crippen MR) is 57.6 cm³/mol. The molecule has 1 rings (SSSR count). The lowest BCUT2D eigenvalue weighted by molar-refractivity contribution is 0.456. The van der Waals surface area contributed by atoms with E-state index in [1.54, 1.807) is 6.07 Å². The summed E-state index contributed by atoms with van der Waals surface area (Å²) in [6.45, 7) is 3.99. The second-order valence-corrected chi connectivity index (χ2v) is 4.43. The highest BCUT2D eigenvalue weighted by Gasteiger charge is 2.10. The van der Waals surface area contributed by atoms with E-state index >= 15 is 0 Å². The summed E-state index contributed by atoms with van der Waals surface area (Å²) in [4.78, 5) is 0. The molecule has 0 spiro atoms. The highest BCUT2D eigenvalue weighted by molar-refractivity contribution is 5.17. The van der Waals surface area contributed by atoms with Crippen molar-refractivity contribution in [3.8, 4) is 0 Å². The summed E-state index contributed by atoms with van der Waals surface area (Å²) in [7, 11) is 0. The molecule has 78 valence electrons. The number of nitrogens with two attached hydrogens (primary N) is 1. The zero-order valence-electron chi connectivity index (χ0n) is 8.89. The van der Waals surface area contributed by atoms with Crippen LogP contribution in [0.25, 0.3) is 0 Å². The first kappa shape index (κ1) is 11.2. The number of halogens is 1. The molecule has 14 heavy (non-hydrogen) atoms. The molecule has 0 aliphatic heterocycles. The van der Waals surface area contributed by atoms with Crippen molar-refractivity contribution >= 4 is 0 Å². The Hall–Kier alpha value is -0.890. The molecular weight excluding hydrogens is 177 g/mol. The van der Waals surface area contributed by atoms with Crippen molar-refractivity contribution < 1.29 is 4.39 Å². The van der Waals surface area contributed by atoms with Gasteiger partial charge in [0.15, 0.2) is 0 Å². The molecule has 0 unspecified atom stereocenters. The molecule has 1 nitrogen and oxygen atoms in total. The first-order valence-corrected chi connectivity index (χ1v) is 5.01. The van der Waals surface area contributed by atoms with Crippen LogP contribution in [0.3, 0.4) is 0 Å². The molecule has 1 aromatic rings. The summed E-state index contributed by atoms with van der Waals surface area (Å²) in [6, 6.07) is 6.92. The second kappa shape index (κ2) is 4.56. The van der Waals surface area contributed by atoms with Gasteiger partial charge in [0, 0.05) is 5.54 Å². The molecule has 2 N–H and O–H groups in total. The molecule has 0 heterocycles. The molecule has 0 aliphatic carbocycles. The Morgan fingerprint density at radius 1 is 1.29 bits per heavy atom. The average Bonchev–Trinajstić information content (AvgIpc) is 2.06. The summed E-state index contributed by atoms with van der Waals surface area (Å²) < 4.78 is 13.2. The van der Waals surface area contributed by atoms with Crippen molar-refractivity contribution in [1.29, 1.82) is 0 Å². The largest absolute Gasteiger partial charge is 0.326 e. The van der Waals surface area contributed by atoms with Crippen molar-refractivity contribution in [1.82, 2.24) is 0 Å². The van der Waals surface area contributed by atoms with E-state index in [0.717, 1.165) is 24.8 Å². The van der Waals surface area contributed by atoms with Crippen LogP contribution in [0.15, 0.2) is 24.3 Å². The Morgan fingerprint density at radius 3 is 2.50 bits per heavy atom. The van der Waals surface area contributed by atoms with Crippen LogP contribution in [-0.4, -0.2) is 5.54 Å². The Bertz CT molecular complexity index is 289. The van der Waals surface area contributed by atoms with Crippen LogP contribution in [0.2, 0.25) is 0 Å². The minimum Gasteiger partial charge on any atom is -0.326 e. The third-order valence-corrected chi connectivity index (χ3v) is 2.23. The predicted octanol–water partition coefficient (Wildman–Crippen LogP) is 2.89. The van der Waals surface area contributed by atoms with Crippen LogP contribution >= 0.6 is 0 Å². The van der Waals surface area contributed by atoms with E-state index in [0.29, 0.717) is 0 Å². The number of rotatable bonds is 4. The fourth-order valence-electron chi connectivity index (χ4n) is 1.44. The van der Waals surface area contributed by atoms with Gasteiger partial charge in [0.05, 0.1) is 0 Å². The normalized spacial score (nSPS) is 11.7. The highest BCUT2D eigenvalue weighted by Crippen LogP contribution is 2.13. The average molecular weight is 195 g/mol. The van der Waals surface area contributed by atoms with Crippen molar-refractivity contribution in [2.45, 2.75) is 38.6 Å². The van der Waals surface area contributed by atoms with Crippen LogP contribution in [-0.2, 0) is 6.42 Å². The van der Waals surface area contributed by atoms with E-state index in [9.17, 15) is 4.39 Å². The Balaban J connectivity index is 2.43. The molecule has 0 aromatic heterocycles. The molecule has 2 heteroatoms. The zero-order valence-corrected chi connectivity index (χ0v) is 8.89. The van der Waals surface area contributed by atoms with Gasteiger partial charge in [0.1, 0.15) is 5.82 Å². The van der Waals surface area contributed by atoms with Crippen molar-refractivity contribution in [3.05, 3.63) is 35.6 Å². The topological polar surface area (TPSA) is 26.0 Å². The quantitative estimate of drug-likeness (QED) is 0.785. The van der Waals surface area contributed by atoms with Crippen LogP contribution in [0.4, 0.5) is 4.39 Å². The Morgan fingerprint density at radius 2 is 1.93 bits per heavy atom. The third-order valence-electron chi connectivity index (χ3n) is 2.23. The minimum atomic E-state index is -0.148. The van der Waals surface area contributed by atoms with Gasteiger partial charge in [-0.25, -0.2) is 4.39 Å². The third kappa shape index (κ3) is 3.88. The maximum absolute atomic E-state index is 13.2. The molecule has 0 saturated heterocycles. The highest BCUT2D eigenvalue weighted by atomic mass is 19.1. The molecular formula is C12H18FN. The second-order valence-electron chi connectivity index (χ2n) is 4.43. The van der Waals surface area contributed by atoms with Crippen LogP contribution in [0.5, 0.6) is 0 Å². The lowest BCUT2D eigenvalue weighted by Gasteiger charge is -2.17. The van der Waals surface area contributed by atoms with Crippen molar-refractivity contribution in [3.63, 3.8) is 0 Å². The molecule has 1 aromatic carbocycles. The Kier molecular flexibility index (Phi) is 3.64. The van der Waals surface area contributed by atoms with Gasteiger partial charge in [-0.3, -0.25) is 0 Å². The zero-order chi connectivity index (χ0) is 10.6. The summed E-state index contributed by atoms with van der Waals surface area (Å²) >= 11 is 0. The summed E-state index contributed by atoms with van der Waals surface area (Å²) in [5.41, 5.74) is 6.49. The molecule has 0 fully saturated rings. The summed E-state index contributed by atoms with van der Waals surface area (Å²) in [6.07, 6.45) is 2.62. The van der Waals surface area contributed by atoms with Gasteiger partial charge >= 0.3 is 0 Å². The smallest absolute Gasteiger partial charge is 0.126 e. The van der Waals surface area contributed by atoms with Gasteiger partial charge in [-0.05, 0) is 44.7 Å². The standard InChI is InChI=1S/C12H18FN/c1-12(2,14)9-5-7-10-6-3-4-8-11(10)13/h3-4,6,8H,5,7,9,14H2,1-2H3. The van der Waals surface area contributed by atoms with E-state index in [1.165, 1.54) is 6.07 Å². The molecule has 0 atom stereocenters. The molecule has 0 amide bonds. The maximum atomic E-state index is 13.2. The number of hydrogen-bond acceptors (Lipinski definition) is 1. The van der Waals surface area contributed by atoms with Crippen molar-refractivity contribution in [2.75, 3.05) is 0 Å². The monoisotopic (exact) mass is 195 g/mol. The van der Waals surface area contributed by atoms with Gasteiger partial charge in [-0.2, -0.15) is 0 Å². The summed E-state index contributed by atoms with van der Waals surface area (Å²) in [5.74, 6) is -0.109. The van der Waals surface area contributed by atoms with Gasteiger partial charge in [-0.15, -0.1) is 0 Å². The SMILES string of the molecule is CC(C)(N)CCCc1ccccc1F. The van der Waals surface area contributed by atoms with Crippen LogP contribution < -0.4 is 5.73 Å². The molecule has 0 aliphatic rings. The van der Waals surface area contributed by atoms with Gasteiger partial charge in [-0.1, -0.05) is 18.2 Å². The van der Waals surface area contributed by atoms with E-state index in [4.69, 9.17) is 5.73 Å². The molecule has 0 bridgehead atoms.